The summed E-state index contributed by atoms with van der Waals surface area (Å²) < 4.78 is 18.2. The van der Waals surface area contributed by atoms with Crippen molar-refractivity contribution < 1.29 is 19.0 Å². The Hall–Kier alpha value is -1.58. The van der Waals surface area contributed by atoms with Gasteiger partial charge in [-0.25, -0.2) is 4.39 Å². The van der Waals surface area contributed by atoms with Crippen LogP contribution in [-0.2, 0) is 4.79 Å². The van der Waals surface area contributed by atoms with Crippen LogP contribution < -0.4 is 4.74 Å². The summed E-state index contributed by atoms with van der Waals surface area (Å²) in [6, 6.07) is 6.12. The normalized spacial score (nSPS) is 10.6. The minimum Gasteiger partial charge on any atom is -0.494 e. The number of carboxylic acid groups (broad SMARTS) is 1. The van der Waals surface area contributed by atoms with E-state index in [0.717, 1.165) is 37.9 Å². The summed E-state index contributed by atoms with van der Waals surface area (Å²) in [5.41, 5.74) is 0. The third kappa shape index (κ3) is 10.2. The Morgan fingerprint density at radius 1 is 0.864 bits per heavy atom. The standard InChI is InChI=1S/C18H27FO3/c19-16-11-13-17(14-12-16)22-15-9-7-5-3-1-2-4-6-8-10-18(20)21/h11-14H,1-10,15H2,(H,20,21). The first kappa shape index (κ1) is 18.5. The zero-order chi connectivity index (χ0) is 16.0. The molecule has 0 aliphatic rings. The van der Waals surface area contributed by atoms with Gasteiger partial charge in [0.15, 0.2) is 0 Å². The number of aliphatic carboxylic acids is 1. The van der Waals surface area contributed by atoms with Crippen molar-refractivity contribution in [2.75, 3.05) is 6.61 Å². The molecule has 22 heavy (non-hydrogen) atoms. The lowest BCUT2D eigenvalue weighted by atomic mass is 10.1. The van der Waals surface area contributed by atoms with Gasteiger partial charge in [0.05, 0.1) is 6.61 Å². The van der Waals surface area contributed by atoms with E-state index in [1.807, 2.05) is 0 Å². The fraction of sp³-hybridized carbons (Fsp3) is 0.611. The molecule has 0 spiro atoms. The SMILES string of the molecule is O=C(O)CCCCCCCCCCCOc1ccc(F)cc1. The van der Waals surface area contributed by atoms with E-state index in [1.54, 1.807) is 12.1 Å². The first-order chi connectivity index (χ1) is 10.7. The second-order valence-electron chi connectivity index (χ2n) is 5.63. The molecule has 0 amide bonds. The van der Waals surface area contributed by atoms with E-state index >= 15 is 0 Å². The predicted molar refractivity (Wildman–Crippen MR) is 85.7 cm³/mol. The molecule has 0 aromatic heterocycles. The van der Waals surface area contributed by atoms with E-state index in [-0.39, 0.29) is 5.82 Å². The average Bonchev–Trinajstić information content (AvgIpc) is 2.50. The molecule has 0 bridgehead atoms. The van der Waals surface area contributed by atoms with E-state index < -0.39 is 5.97 Å². The molecule has 4 heteroatoms. The van der Waals surface area contributed by atoms with Crippen molar-refractivity contribution in [2.24, 2.45) is 0 Å². The summed E-state index contributed by atoms with van der Waals surface area (Å²) in [5, 5.41) is 8.52. The third-order valence-corrected chi connectivity index (χ3v) is 3.62. The Labute approximate surface area is 132 Å². The first-order valence-corrected chi connectivity index (χ1v) is 8.28. The van der Waals surface area contributed by atoms with Gasteiger partial charge in [-0.05, 0) is 37.1 Å². The Kier molecular flexibility index (Phi) is 10.1. The molecule has 3 nitrogen and oxygen atoms in total. The molecule has 0 unspecified atom stereocenters. The molecule has 124 valence electrons. The van der Waals surface area contributed by atoms with Crippen LogP contribution in [0, 0.1) is 5.82 Å². The molecular formula is C18H27FO3. The topological polar surface area (TPSA) is 46.5 Å². The van der Waals surface area contributed by atoms with Crippen LogP contribution in [0.2, 0.25) is 0 Å². The van der Waals surface area contributed by atoms with Crippen molar-refractivity contribution in [1.29, 1.82) is 0 Å². The number of halogens is 1. The van der Waals surface area contributed by atoms with E-state index in [2.05, 4.69) is 0 Å². The van der Waals surface area contributed by atoms with Crippen LogP contribution in [-0.4, -0.2) is 17.7 Å². The minimum atomic E-state index is -0.692. The number of hydrogen-bond acceptors (Lipinski definition) is 2. The fourth-order valence-electron chi connectivity index (χ4n) is 2.34. The van der Waals surface area contributed by atoms with Gasteiger partial charge in [0, 0.05) is 6.42 Å². The van der Waals surface area contributed by atoms with Gasteiger partial charge in [-0.1, -0.05) is 44.9 Å². The molecule has 0 fully saturated rings. The lowest BCUT2D eigenvalue weighted by Crippen LogP contribution is -1.97. The molecule has 0 aliphatic heterocycles. The maximum atomic E-state index is 12.7. The fourth-order valence-corrected chi connectivity index (χ4v) is 2.34. The highest BCUT2D eigenvalue weighted by atomic mass is 19.1. The molecule has 0 aliphatic carbocycles. The largest absolute Gasteiger partial charge is 0.494 e. The third-order valence-electron chi connectivity index (χ3n) is 3.62. The van der Waals surface area contributed by atoms with Crippen molar-refractivity contribution in [3.8, 4) is 5.75 Å². The van der Waals surface area contributed by atoms with Gasteiger partial charge in [0.25, 0.3) is 0 Å². The zero-order valence-corrected chi connectivity index (χ0v) is 13.2. The smallest absolute Gasteiger partial charge is 0.303 e. The number of carbonyl (C=O) groups is 1. The lowest BCUT2D eigenvalue weighted by molar-refractivity contribution is -0.137. The second kappa shape index (κ2) is 12.0. The lowest BCUT2D eigenvalue weighted by Gasteiger charge is -2.06. The van der Waals surface area contributed by atoms with Gasteiger partial charge in [-0.2, -0.15) is 0 Å². The van der Waals surface area contributed by atoms with Gasteiger partial charge in [0.1, 0.15) is 11.6 Å². The van der Waals surface area contributed by atoms with Gasteiger partial charge >= 0.3 is 5.97 Å². The number of unbranched alkanes of at least 4 members (excludes halogenated alkanes) is 8. The van der Waals surface area contributed by atoms with Crippen LogP contribution in [0.4, 0.5) is 4.39 Å². The Morgan fingerprint density at radius 2 is 1.36 bits per heavy atom. The molecule has 1 aromatic carbocycles. The van der Waals surface area contributed by atoms with E-state index in [1.165, 1.54) is 37.8 Å². The van der Waals surface area contributed by atoms with Crippen LogP contribution in [0.1, 0.15) is 64.2 Å². The van der Waals surface area contributed by atoms with Crippen molar-refractivity contribution in [3.05, 3.63) is 30.1 Å². The predicted octanol–water partition coefficient (Wildman–Crippen LogP) is 5.19. The molecule has 1 N–H and O–H groups in total. The van der Waals surface area contributed by atoms with Crippen LogP contribution in [0.25, 0.3) is 0 Å². The molecule has 1 rings (SSSR count). The second-order valence-corrected chi connectivity index (χ2v) is 5.63. The summed E-state index contributed by atoms with van der Waals surface area (Å²) in [6.45, 7) is 0.681. The van der Waals surface area contributed by atoms with Crippen molar-refractivity contribution in [1.82, 2.24) is 0 Å². The maximum Gasteiger partial charge on any atom is 0.303 e. The monoisotopic (exact) mass is 310 g/mol. The number of ether oxygens (including phenoxy) is 1. The average molecular weight is 310 g/mol. The molecular weight excluding hydrogens is 283 g/mol. The molecule has 0 saturated carbocycles. The number of benzene rings is 1. The van der Waals surface area contributed by atoms with Gasteiger partial charge < -0.3 is 9.84 Å². The molecule has 0 heterocycles. The highest BCUT2D eigenvalue weighted by molar-refractivity contribution is 5.66. The Morgan fingerprint density at radius 3 is 1.91 bits per heavy atom. The summed E-state index contributed by atoms with van der Waals surface area (Å²) in [7, 11) is 0. The van der Waals surface area contributed by atoms with Crippen LogP contribution in [0.15, 0.2) is 24.3 Å². The van der Waals surface area contributed by atoms with E-state index in [9.17, 15) is 9.18 Å². The van der Waals surface area contributed by atoms with E-state index in [4.69, 9.17) is 9.84 Å². The Balaban J connectivity index is 1.82. The minimum absolute atomic E-state index is 0.240. The number of hydrogen-bond donors (Lipinski definition) is 1. The summed E-state index contributed by atoms with van der Waals surface area (Å²) in [4.78, 5) is 10.3. The Bertz CT molecular complexity index is 403. The zero-order valence-electron chi connectivity index (χ0n) is 13.2. The van der Waals surface area contributed by atoms with E-state index in [0.29, 0.717) is 13.0 Å². The quantitative estimate of drug-likeness (QED) is 0.510. The number of carboxylic acids is 1. The maximum absolute atomic E-state index is 12.7. The van der Waals surface area contributed by atoms with Crippen LogP contribution in [0.5, 0.6) is 5.75 Å². The summed E-state index contributed by atoms with van der Waals surface area (Å²) in [6.07, 6.45) is 10.3. The molecule has 1 aromatic rings. The van der Waals surface area contributed by atoms with Gasteiger partial charge in [-0.3, -0.25) is 4.79 Å². The molecule has 0 saturated heterocycles. The van der Waals surface area contributed by atoms with Gasteiger partial charge in [-0.15, -0.1) is 0 Å². The number of rotatable bonds is 13. The van der Waals surface area contributed by atoms with Crippen molar-refractivity contribution in [2.45, 2.75) is 64.2 Å². The van der Waals surface area contributed by atoms with Crippen LogP contribution >= 0.6 is 0 Å². The summed E-state index contributed by atoms with van der Waals surface area (Å²) in [5.74, 6) is -0.207. The highest BCUT2D eigenvalue weighted by Crippen LogP contribution is 2.13. The van der Waals surface area contributed by atoms with Crippen molar-refractivity contribution in [3.63, 3.8) is 0 Å². The molecule has 0 radical (unpaired) electrons. The highest BCUT2D eigenvalue weighted by Gasteiger charge is 1.97. The van der Waals surface area contributed by atoms with Crippen LogP contribution in [0.3, 0.4) is 0 Å². The van der Waals surface area contributed by atoms with Crippen molar-refractivity contribution >= 4 is 5.97 Å². The first-order valence-electron chi connectivity index (χ1n) is 8.28. The summed E-state index contributed by atoms with van der Waals surface area (Å²) >= 11 is 0. The van der Waals surface area contributed by atoms with Gasteiger partial charge in [0.2, 0.25) is 0 Å². The molecule has 0 atom stereocenters.